The van der Waals surface area contributed by atoms with Crippen molar-refractivity contribution in [2.24, 2.45) is 11.7 Å². The number of hydrogen-bond acceptors (Lipinski definition) is 2. The number of nitrogens with two attached hydrogens (primary N) is 1. The lowest BCUT2D eigenvalue weighted by atomic mass is 9.96. The Morgan fingerprint density at radius 1 is 1.44 bits per heavy atom. The van der Waals surface area contributed by atoms with Gasteiger partial charge >= 0.3 is 0 Å². The van der Waals surface area contributed by atoms with Gasteiger partial charge in [0.25, 0.3) is 0 Å². The molecule has 0 saturated carbocycles. The maximum Gasteiger partial charge on any atom is 0.169 e. The van der Waals surface area contributed by atoms with E-state index in [2.05, 4.69) is 0 Å². The molecule has 0 fully saturated rings. The lowest BCUT2D eigenvalue weighted by Crippen LogP contribution is -2.18. The number of rotatable bonds is 5. The number of hydrogen-bond donors (Lipinski definition) is 1. The highest BCUT2D eigenvalue weighted by atomic mass is 19.2. The van der Waals surface area contributed by atoms with Crippen molar-refractivity contribution in [1.29, 1.82) is 0 Å². The summed E-state index contributed by atoms with van der Waals surface area (Å²) < 4.78 is 26.2. The van der Waals surface area contributed by atoms with E-state index in [1.807, 2.05) is 6.92 Å². The van der Waals surface area contributed by atoms with Gasteiger partial charge in [0.1, 0.15) is 0 Å². The van der Waals surface area contributed by atoms with Crippen LogP contribution >= 0.6 is 0 Å². The smallest absolute Gasteiger partial charge is 0.169 e. The Hall–Kier alpha value is -1.29. The van der Waals surface area contributed by atoms with Crippen molar-refractivity contribution in [3.63, 3.8) is 0 Å². The molecular formula is C12H15F2NO. The first-order valence-electron chi connectivity index (χ1n) is 5.27. The minimum Gasteiger partial charge on any atom is -0.330 e. The lowest BCUT2D eigenvalue weighted by molar-refractivity contribution is 0.0956. The van der Waals surface area contributed by atoms with Crippen molar-refractivity contribution < 1.29 is 13.6 Å². The second-order valence-corrected chi connectivity index (χ2v) is 3.74. The number of halogens is 2. The molecule has 0 saturated heterocycles. The molecule has 0 aliphatic heterocycles. The van der Waals surface area contributed by atoms with E-state index in [4.69, 9.17) is 5.73 Å². The first-order chi connectivity index (χ1) is 7.60. The SMILES string of the molecule is CCC(CN)CC(=O)c1cccc(F)c1F. The second kappa shape index (κ2) is 5.70. The minimum atomic E-state index is -1.07. The van der Waals surface area contributed by atoms with Crippen LogP contribution in [0.15, 0.2) is 18.2 Å². The van der Waals surface area contributed by atoms with Crippen LogP contribution in [0.1, 0.15) is 30.1 Å². The van der Waals surface area contributed by atoms with Crippen LogP contribution in [0.3, 0.4) is 0 Å². The van der Waals surface area contributed by atoms with Gasteiger partial charge in [0.05, 0.1) is 5.56 Å². The third-order valence-corrected chi connectivity index (χ3v) is 2.64. The summed E-state index contributed by atoms with van der Waals surface area (Å²) in [6, 6.07) is 3.62. The minimum absolute atomic E-state index is 0.0233. The maximum absolute atomic E-state index is 13.3. The van der Waals surface area contributed by atoms with Crippen molar-refractivity contribution >= 4 is 5.78 Å². The van der Waals surface area contributed by atoms with Gasteiger partial charge < -0.3 is 5.73 Å². The van der Waals surface area contributed by atoms with Crippen LogP contribution in [0.25, 0.3) is 0 Å². The van der Waals surface area contributed by atoms with E-state index in [0.717, 1.165) is 12.5 Å². The largest absolute Gasteiger partial charge is 0.330 e. The Bertz CT molecular complexity index is 375. The summed E-state index contributed by atoms with van der Waals surface area (Å²) in [5.41, 5.74) is 5.27. The van der Waals surface area contributed by atoms with Crippen molar-refractivity contribution in [2.75, 3.05) is 6.54 Å². The van der Waals surface area contributed by atoms with E-state index in [1.54, 1.807) is 0 Å². The fourth-order valence-electron chi connectivity index (χ4n) is 1.49. The molecule has 1 atom stereocenters. The van der Waals surface area contributed by atoms with Crippen LogP contribution in [0, 0.1) is 17.6 Å². The van der Waals surface area contributed by atoms with E-state index >= 15 is 0 Å². The molecule has 2 N–H and O–H groups in total. The average Bonchev–Trinajstić information content (AvgIpc) is 2.29. The third kappa shape index (κ3) is 2.85. The number of Topliss-reactive ketones (excluding diaryl/α,β-unsaturated/α-hetero) is 1. The molecule has 88 valence electrons. The van der Waals surface area contributed by atoms with Crippen LogP contribution in [0.5, 0.6) is 0 Å². The van der Waals surface area contributed by atoms with Gasteiger partial charge in [-0.2, -0.15) is 0 Å². The summed E-state index contributed by atoms with van der Waals surface area (Å²) in [5.74, 6) is -2.43. The van der Waals surface area contributed by atoms with Crippen LogP contribution in [-0.2, 0) is 0 Å². The summed E-state index contributed by atoms with van der Waals surface area (Å²) in [6.07, 6.45) is 0.909. The van der Waals surface area contributed by atoms with Crippen LogP contribution < -0.4 is 5.73 Å². The molecule has 0 amide bonds. The molecule has 0 aliphatic carbocycles. The molecule has 0 aromatic heterocycles. The molecule has 16 heavy (non-hydrogen) atoms. The molecular weight excluding hydrogens is 212 g/mol. The zero-order valence-electron chi connectivity index (χ0n) is 9.17. The summed E-state index contributed by atoms with van der Waals surface area (Å²) in [6.45, 7) is 2.28. The molecule has 0 aliphatic rings. The zero-order valence-corrected chi connectivity index (χ0v) is 9.17. The molecule has 2 nitrogen and oxygen atoms in total. The van der Waals surface area contributed by atoms with Crippen molar-refractivity contribution in [2.45, 2.75) is 19.8 Å². The van der Waals surface area contributed by atoms with Crippen molar-refractivity contribution in [3.8, 4) is 0 Å². The number of carbonyl (C=O) groups excluding carboxylic acids is 1. The van der Waals surface area contributed by atoms with Gasteiger partial charge in [-0.1, -0.05) is 19.4 Å². The average molecular weight is 227 g/mol. The Balaban J connectivity index is 2.84. The first-order valence-corrected chi connectivity index (χ1v) is 5.27. The molecule has 0 bridgehead atoms. The monoisotopic (exact) mass is 227 g/mol. The molecule has 1 aromatic rings. The van der Waals surface area contributed by atoms with Gasteiger partial charge in [-0.15, -0.1) is 0 Å². The maximum atomic E-state index is 13.3. The summed E-state index contributed by atoms with van der Waals surface area (Å²) in [7, 11) is 0. The Morgan fingerprint density at radius 2 is 2.12 bits per heavy atom. The first kappa shape index (κ1) is 12.8. The quantitative estimate of drug-likeness (QED) is 0.785. The third-order valence-electron chi connectivity index (χ3n) is 2.64. The molecule has 0 radical (unpaired) electrons. The van der Waals surface area contributed by atoms with Gasteiger partial charge in [-0.25, -0.2) is 8.78 Å². The van der Waals surface area contributed by atoms with Crippen LogP contribution in [0.2, 0.25) is 0 Å². The second-order valence-electron chi connectivity index (χ2n) is 3.74. The van der Waals surface area contributed by atoms with E-state index in [1.165, 1.54) is 12.1 Å². The highest BCUT2D eigenvalue weighted by Crippen LogP contribution is 2.16. The van der Waals surface area contributed by atoms with Crippen molar-refractivity contribution in [3.05, 3.63) is 35.4 Å². The Morgan fingerprint density at radius 3 is 2.69 bits per heavy atom. The zero-order chi connectivity index (χ0) is 12.1. The molecule has 0 spiro atoms. The highest BCUT2D eigenvalue weighted by molar-refractivity contribution is 5.96. The Labute approximate surface area is 93.5 Å². The number of ketones is 1. The van der Waals surface area contributed by atoms with Crippen LogP contribution in [-0.4, -0.2) is 12.3 Å². The van der Waals surface area contributed by atoms with Gasteiger partial charge in [0.2, 0.25) is 0 Å². The number of carbonyl (C=O) groups is 1. The standard InChI is InChI=1S/C12H15F2NO/c1-2-8(7-15)6-11(16)9-4-3-5-10(13)12(9)14/h3-5,8H,2,6-7,15H2,1H3. The predicted octanol–water partition coefficient (Wildman–Crippen LogP) is 2.52. The molecule has 1 rings (SSSR count). The van der Waals surface area contributed by atoms with E-state index in [9.17, 15) is 13.6 Å². The van der Waals surface area contributed by atoms with Gasteiger partial charge in [0.15, 0.2) is 17.4 Å². The highest BCUT2D eigenvalue weighted by Gasteiger charge is 2.17. The fraction of sp³-hybridized carbons (Fsp3) is 0.417. The van der Waals surface area contributed by atoms with Gasteiger partial charge in [0, 0.05) is 6.42 Å². The summed E-state index contributed by atoms with van der Waals surface area (Å²) >= 11 is 0. The molecule has 0 heterocycles. The van der Waals surface area contributed by atoms with E-state index in [-0.39, 0.29) is 17.9 Å². The summed E-state index contributed by atoms with van der Waals surface area (Å²) in [5, 5.41) is 0. The molecule has 1 aromatic carbocycles. The fourth-order valence-corrected chi connectivity index (χ4v) is 1.49. The van der Waals surface area contributed by atoms with Gasteiger partial charge in [-0.05, 0) is 24.6 Å². The molecule has 4 heteroatoms. The van der Waals surface area contributed by atoms with E-state index < -0.39 is 17.4 Å². The van der Waals surface area contributed by atoms with Crippen LogP contribution in [0.4, 0.5) is 8.78 Å². The van der Waals surface area contributed by atoms with Gasteiger partial charge in [-0.3, -0.25) is 4.79 Å². The van der Waals surface area contributed by atoms with Crippen molar-refractivity contribution in [1.82, 2.24) is 0 Å². The lowest BCUT2D eigenvalue weighted by Gasteiger charge is -2.11. The Kier molecular flexibility index (Phi) is 4.55. The topological polar surface area (TPSA) is 43.1 Å². The normalized spacial score (nSPS) is 12.5. The predicted molar refractivity (Wildman–Crippen MR) is 58.1 cm³/mol. The summed E-state index contributed by atoms with van der Waals surface area (Å²) in [4.78, 5) is 11.7. The molecule has 1 unspecified atom stereocenters. The number of benzene rings is 1. The van der Waals surface area contributed by atoms with E-state index in [0.29, 0.717) is 6.54 Å².